The van der Waals surface area contributed by atoms with Gasteiger partial charge in [-0.25, -0.2) is 0 Å². The maximum Gasteiger partial charge on any atom is 0.253 e. The number of carbonyl (C=O) groups excluding carboxylic acids is 2. The van der Waals surface area contributed by atoms with Gasteiger partial charge in [0, 0.05) is 36.2 Å². The third-order valence-corrected chi connectivity index (χ3v) is 5.61. The Morgan fingerprint density at radius 2 is 1.68 bits per heavy atom. The Morgan fingerprint density at radius 1 is 1.00 bits per heavy atom. The molecular weight excluding hydrogens is 374 g/mol. The summed E-state index contributed by atoms with van der Waals surface area (Å²) in [5, 5.41) is 2.90. The molecule has 2 amide bonds. The number of carbonyl (C=O) groups is 2. The van der Waals surface area contributed by atoms with Crippen molar-refractivity contribution >= 4 is 29.9 Å². The molecule has 1 aliphatic heterocycles. The van der Waals surface area contributed by atoms with Crippen LogP contribution in [0.15, 0.2) is 54.6 Å². The molecule has 0 aromatic heterocycles. The Kier molecular flexibility index (Phi) is 6.37. The van der Waals surface area contributed by atoms with Gasteiger partial charge in [-0.1, -0.05) is 30.3 Å². The molecule has 1 heterocycles. The van der Waals surface area contributed by atoms with Crippen molar-refractivity contribution in [2.24, 2.45) is 17.6 Å². The van der Waals surface area contributed by atoms with E-state index >= 15 is 0 Å². The molecule has 0 unspecified atom stereocenters. The van der Waals surface area contributed by atoms with Crippen molar-refractivity contribution in [3.8, 4) is 0 Å². The first-order chi connectivity index (χ1) is 13.2. The van der Waals surface area contributed by atoms with Crippen LogP contribution >= 0.6 is 12.4 Å². The number of nitrogens with zero attached hydrogens (tertiary/aromatic N) is 1. The molecule has 28 heavy (non-hydrogen) atoms. The van der Waals surface area contributed by atoms with Crippen LogP contribution in [0.2, 0.25) is 0 Å². The summed E-state index contributed by atoms with van der Waals surface area (Å²) >= 11 is 0. The Balaban J connectivity index is 0.00000225. The van der Waals surface area contributed by atoms with Gasteiger partial charge in [-0.15, -0.1) is 12.4 Å². The van der Waals surface area contributed by atoms with E-state index in [1.165, 1.54) is 5.56 Å². The zero-order valence-corrected chi connectivity index (χ0v) is 16.5. The molecule has 1 saturated carbocycles. The predicted octanol–water partition coefficient (Wildman–Crippen LogP) is 3.27. The SMILES string of the molecule is Cl.NC[C@@H]1CN(C(=O)c2ccc(NC(=O)C3CC3)cc2)C[C@H]1c1ccccc1. The first-order valence-corrected chi connectivity index (χ1v) is 9.61. The van der Waals surface area contributed by atoms with Crippen LogP contribution in [0.4, 0.5) is 5.69 Å². The second-order valence-electron chi connectivity index (χ2n) is 7.56. The average molecular weight is 400 g/mol. The summed E-state index contributed by atoms with van der Waals surface area (Å²) in [4.78, 5) is 26.7. The number of benzene rings is 2. The summed E-state index contributed by atoms with van der Waals surface area (Å²) in [6, 6.07) is 17.5. The highest BCUT2D eigenvalue weighted by Crippen LogP contribution is 2.33. The van der Waals surface area contributed by atoms with Crippen molar-refractivity contribution in [2.75, 3.05) is 25.0 Å². The molecule has 3 N–H and O–H groups in total. The minimum atomic E-state index is 0. The molecule has 6 heteroatoms. The molecule has 2 fully saturated rings. The zero-order chi connectivity index (χ0) is 18.8. The fourth-order valence-corrected chi connectivity index (χ4v) is 3.82. The first-order valence-electron chi connectivity index (χ1n) is 9.61. The molecular formula is C22H26ClN3O2. The third-order valence-electron chi connectivity index (χ3n) is 5.61. The number of anilines is 1. The van der Waals surface area contributed by atoms with E-state index in [0.29, 0.717) is 25.2 Å². The lowest BCUT2D eigenvalue weighted by Gasteiger charge is -2.17. The number of nitrogens with two attached hydrogens (primary N) is 1. The van der Waals surface area contributed by atoms with Crippen molar-refractivity contribution in [1.82, 2.24) is 4.90 Å². The second-order valence-corrected chi connectivity index (χ2v) is 7.56. The minimum absolute atomic E-state index is 0. The summed E-state index contributed by atoms with van der Waals surface area (Å²) in [5.74, 6) is 0.807. The normalized spacial score (nSPS) is 21.1. The second kappa shape index (κ2) is 8.76. The Bertz CT molecular complexity index is 821. The average Bonchev–Trinajstić information content (AvgIpc) is 3.47. The molecule has 1 saturated heterocycles. The summed E-state index contributed by atoms with van der Waals surface area (Å²) in [5.41, 5.74) is 8.60. The number of halogens is 1. The van der Waals surface area contributed by atoms with Crippen molar-refractivity contribution in [3.63, 3.8) is 0 Å². The van der Waals surface area contributed by atoms with Crippen molar-refractivity contribution in [1.29, 1.82) is 0 Å². The number of amides is 2. The number of likely N-dealkylation sites (tertiary alicyclic amines) is 1. The van der Waals surface area contributed by atoms with E-state index in [-0.39, 0.29) is 42.0 Å². The molecule has 2 atom stereocenters. The van der Waals surface area contributed by atoms with E-state index < -0.39 is 0 Å². The first kappa shape index (κ1) is 20.4. The molecule has 2 aliphatic rings. The number of nitrogens with one attached hydrogen (secondary N) is 1. The predicted molar refractivity (Wildman–Crippen MR) is 113 cm³/mol. The van der Waals surface area contributed by atoms with Gasteiger partial charge < -0.3 is 16.0 Å². The van der Waals surface area contributed by atoms with E-state index in [0.717, 1.165) is 18.5 Å². The maximum absolute atomic E-state index is 12.9. The van der Waals surface area contributed by atoms with Crippen molar-refractivity contribution in [3.05, 3.63) is 65.7 Å². The van der Waals surface area contributed by atoms with Gasteiger partial charge in [0.15, 0.2) is 0 Å². The lowest BCUT2D eigenvalue weighted by Crippen LogP contribution is -2.29. The van der Waals surface area contributed by atoms with Crippen molar-refractivity contribution in [2.45, 2.75) is 18.8 Å². The van der Waals surface area contributed by atoms with E-state index in [4.69, 9.17) is 5.73 Å². The van der Waals surface area contributed by atoms with Crippen LogP contribution in [-0.2, 0) is 4.79 Å². The quantitative estimate of drug-likeness (QED) is 0.810. The van der Waals surface area contributed by atoms with Crippen molar-refractivity contribution < 1.29 is 9.59 Å². The lowest BCUT2D eigenvalue weighted by atomic mass is 9.89. The van der Waals surface area contributed by atoms with Gasteiger partial charge in [-0.05, 0) is 55.1 Å². The molecule has 5 nitrogen and oxygen atoms in total. The lowest BCUT2D eigenvalue weighted by molar-refractivity contribution is -0.117. The molecule has 4 rings (SSSR count). The number of hydrogen-bond acceptors (Lipinski definition) is 3. The van der Waals surface area contributed by atoms with E-state index in [1.807, 2.05) is 23.1 Å². The Labute approximate surface area is 171 Å². The molecule has 2 aromatic carbocycles. The molecule has 0 spiro atoms. The topological polar surface area (TPSA) is 75.4 Å². The monoisotopic (exact) mass is 399 g/mol. The van der Waals surface area contributed by atoms with Crippen LogP contribution in [0.1, 0.15) is 34.7 Å². The fraction of sp³-hybridized carbons (Fsp3) is 0.364. The van der Waals surface area contributed by atoms with Gasteiger partial charge in [0.2, 0.25) is 5.91 Å². The number of rotatable bonds is 5. The molecule has 0 bridgehead atoms. The molecule has 148 valence electrons. The van der Waals surface area contributed by atoms with E-state index in [1.54, 1.807) is 24.3 Å². The summed E-state index contributed by atoms with van der Waals surface area (Å²) in [6.45, 7) is 1.93. The standard InChI is InChI=1S/C22H25N3O2.ClH/c23-12-18-13-25(14-20(18)15-4-2-1-3-5-15)22(27)17-8-10-19(11-9-17)24-21(26)16-6-7-16;/h1-5,8-11,16,18,20H,6-7,12-14,23H2,(H,24,26);1H/t18-,20+;/m1./s1. The van der Waals surface area contributed by atoms with Crippen LogP contribution in [0.5, 0.6) is 0 Å². The van der Waals surface area contributed by atoms with Gasteiger partial charge in [-0.3, -0.25) is 9.59 Å². The van der Waals surface area contributed by atoms with Crippen LogP contribution in [-0.4, -0.2) is 36.3 Å². The third kappa shape index (κ3) is 4.37. The van der Waals surface area contributed by atoms with Gasteiger partial charge in [0.25, 0.3) is 5.91 Å². The highest BCUT2D eigenvalue weighted by molar-refractivity contribution is 5.97. The van der Waals surface area contributed by atoms with Gasteiger partial charge >= 0.3 is 0 Å². The van der Waals surface area contributed by atoms with Crippen LogP contribution in [0.25, 0.3) is 0 Å². The summed E-state index contributed by atoms with van der Waals surface area (Å²) < 4.78 is 0. The van der Waals surface area contributed by atoms with Gasteiger partial charge in [-0.2, -0.15) is 0 Å². The zero-order valence-electron chi connectivity index (χ0n) is 15.7. The van der Waals surface area contributed by atoms with Crippen LogP contribution in [0, 0.1) is 11.8 Å². The summed E-state index contributed by atoms with van der Waals surface area (Å²) in [6.07, 6.45) is 1.95. The van der Waals surface area contributed by atoms with Crippen LogP contribution < -0.4 is 11.1 Å². The van der Waals surface area contributed by atoms with E-state index in [2.05, 4.69) is 17.4 Å². The smallest absolute Gasteiger partial charge is 0.253 e. The summed E-state index contributed by atoms with van der Waals surface area (Å²) in [7, 11) is 0. The molecule has 2 aromatic rings. The van der Waals surface area contributed by atoms with E-state index in [9.17, 15) is 9.59 Å². The Hall–Kier alpha value is -2.37. The minimum Gasteiger partial charge on any atom is -0.338 e. The molecule has 0 radical (unpaired) electrons. The maximum atomic E-state index is 12.9. The number of hydrogen-bond donors (Lipinski definition) is 2. The highest BCUT2D eigenvalue weighted by Gasteiger charge is 2.35. The van der Waals surface area contributed by atoms with Crippen LogP contribution in [0.3, 0.4) is 0 Å². The molecule has 1 aliphatic carbocycles. The van der Waals surface area contributed by atoms with Gasteiger partial charge in [0.1, 0.15) is 0 Å². The van der Waals surface area contributed by atoms with Gasteiger partial charge in [0.05, 0.1) is 0 Å². The fourth-order valence-electron chi connectivity index (χ4n) is 3.82. The highest BCUT2D eigenvalue weighted by atomic mass is 35.5. The largest absolute Gasteiger partial charge is 0.338 e. The Morgan fingerprint density at radius 3 is 2.29 bits per heavy atom.